The van der Waals surface area contributed by atoms with E-state index in [-0.39, 0.29) is 19.7 Å². The van der Waals surface area contributed by atoms with Crippen LogP contribution in [0.4, 0.5) is 5.69 Å². The van der Waals surface area contributed by atoms with Gasteiger partial charge in [-0.1, -0.05) is 36.4 Å². The third-order valence-corrected chi connectivity index (χ3v) is 7.18. The number of benzene rings is 3. The number of thiazole rings is 2. The highest BCUT2D eigenvalue weighted by Crippen LogP contribution is 2.23. The van der Waals surface area contributed by atoms with E-state index in [1.807, 2.05) is 36.4 Å². The maximum Gasteiger partial charge on any atom is 0.317 e. The lowest BCUT2D eigenvalue weighted by atomic mass is 10.3. The molecule has 0 atom stereocenters. The summed E-state index contributed by atoms with van der Waals surface area (Å²) in [6, 6.07) is 24.0. The van der Waals surface area contributed by atoms with Crippen molar-refractivity contribution in [1.82, 2.24) is 20.6 Å². The number of nitrogen functional groups attached to an aromatic ring is 1. The number of aliphatic carboxylic acids is 1. The minimum atomic E-state index is -0.982. The number of carbonyl (C=O) groups is 2. The van der Waals surface area contributed by atoms with Crippen LogP contribution in [-0.2, 0) is 27.4 Å². The smallest absolute Gasteiger partial charge is 0.317 e. The molecule has 0 fully saturated rings. The lowest BCUT2D eigenvalue weighted by Crippen LogP contribution is -2.24. The number of rotatable bonds is 9. The largest absolute Gasteiger partial charge is 0.480 e. The molecular weight excluding hydrogens is 543 g/mol. The minimum Gasteiger partial charge on any atom is -0.480 e. The van der Waals surface area contributed by atoms with Crippen molar-refractivity contribution in [2.24, 2.45) is 0 Å². The van der Waals surface area contributed by atoms with Gasteiger partial charge in [-0.05, 0) is 36.4 Å². The van der Waals surface area contributed by atoms with Crippen molar-refractivity contribution >= 4 is 73.9 Å². The van der Waals surface area contributed by atoms with Crippen LogP contribution in [0.5, 0.6) is 0 Å². The average molecular weight is 570 g/mol. The summed E-state index contributed by atoms with van der Waals surface area (Å²) in [5, 5.41) is 16.0. The molecule has 0 unspecified atom stereocenters. The van der Waals surface area contributed by atoms with Crippen molar-refractivity contribution in [2.75, 3.05) is 19.0 Å². The predicted molar refractivity (Wildman–Crippen MR) is 156 cm³/mol. The minimum absolute atomic E-state index is 0.0597. The molecule has 0 saturated heterocycles. The first kappa shape index (κ1) is 29.0. The number of carboxylic acid groups (broad SMARTS) is 1. The summed E-state index contributed by atoms with van der Waals surface area (Å²) >= 11 is 7.57. The van der Waals surface area contributed by atoms with Gasteiger partial charge in [0.2, 0.25) is 0 Å². The van der Waals surface area contributed by atoms with Crippen molar-refractivity contribution in [3.8, 4) is 0 Å². The lowest BCUT2D eigenvalue weighted by molar-refractivity contribution is -0.137. The van der Waals surface area contributed by atoms with E-state index in [1.165, 1.54) is 9.40 Å². The van der Waals surface area contributed by atoms with Crippen LogP contribution >= 0.6 is 35.3 Å². The zero-order valence-electron chi connectivity index (χ0n) is 20.2. The van der Waals surface area contributed by atoms with Crippen molar-refractivity contribution in [3.63, 3.8) is 0 Å². The van der Waals surface area contributed by atoms with Gasteiger partial charge in [-0.2, -0.15) is 0 Å². The molecule has 0 aliphatic heterocycles. The van der Waals surface area contributed by atoms with Crippen LogP contribution in [0.25, 0.3) is 20.4 Å². The van der Waals surface area contributed by atoms with Gasteiger partial charge in [0.15, 0.2) is 0 Å². The number of thiol groups is 1. The number of ether oxygens (including phenoxy) is 1. The summed E-state index contributed by atoms with van der Waals surface area (Å²) in [7, 11) is 0. The van der Waals surface area contributed by atoms with Crippen LogP contribution in [0.15, 0.2) is 77.7 Å². The molecule has 0 aliphatic carbocycles. The van der Waals surface area contributed by atoms with Crippen LogP contribution in [0.1, 0.15) is 10.0 Å². The van der Waals surface area contributed by atoms with Gasteiger partial charge in [-0.25, -0.2) is 9.97 Å². The highest BCUT2D eigenvalue weighted by molar-refractivity contribution is 7.80. The number of aromatic nitrogens is 2. The third kappa shape index (κ3) is 9.72. The second-order valence-electron chi connectivity index (χ2n) is 7.54. The number of para-hydroxylation sites is 3. The Hall–Kier alpha value is -3.55. The van der Waals surface area contributed by atoms with Crippen molar-refractivity contribution in [3.05, 3.63) is 82.8 Å². The molecule has 0 amide bonds. The van der Waals surface area contributed by atoms with E-state index >= 15 is 0 Å². The first-order valence-electron chi connectivity index (χ1n) is 11.4. The molecule has 0 spiro atoms. The van der Waals surface area contributed by atoms with Crippen LogP contribution in [0, 0.1) is 0 Å². The molecule has 5 aromatic rings. The monoisotopic (exact) mass is 569 g/mol. The quantitative estimate of drug-likeness (QED) is 0.0569. The maximum absolute atomic E-state index is 9.76. The highest BCUT2D eigenvalue weighted by Gasteiger charge is 2.05. The normalized spacial score (nSPS) is 10.2. The number of nitrogens with two attached hydrogens (primary N) is 1. The third-order valence-electron chi connectivity index (χ3n) is 4.70. The Kier molecular flexibility index (Phi) is 11.9. The molecule has 2 aromatic heterocycles. The van der Waals surface area contributed by atoms with Gasteiger partial charge in [-0.3, -0.25) is 14.9 Å². The molecule has 0 bridgehead atoms. The second-order valence-corrected chi connectivity index (χ2v) is 10.3. The summed E-state index contributed by atoms with van der Waals surface area (Å²) in [6.07, 6.45) is 0. The molecule has 2 heterocycles. The van der Waals surface area contributed by atoms with E-state index in [0.29, 0.717) is 0 Å². The zero-order valence-corrected chi connectivity index (χ0v) is 22.8. The molecule has 9 nitrogen and oxygen atoms in total. The van der Waals surface area contributed by atoms with Gasteiger partial charge in [0, 0.05) is 23.7 Å². The molecule has 0 aliphatic rings. The van der Waals surface area contributed by atoms with Gasteiger partial charge in [-0.15, -0.1) is 35.3 Å². The van der Waals surface area contributed by atoms with E-state index in [1.54, 1.807) is 22.7 Å². The zero-order chi connectivity index (χ0) is 27.2. The lowest BCUT2D eigenvalue weighted by Gasteiger charge is -1.97. The molecule has 5 rings (SSSR count). The van der Waals surface area contributed by atoms with Crippen molar-refractivity contribution in [1.29, 1.82) is 0 Å². The Bertz CT molecular complexity index is 1300. The summed E-state index contributed by atoms with van der Waals surface area (Å²) in [5.41, 5.74) is 8.34. The second kappa shape index (κ2) is 15.6. The van der Waals surface area contributed by atoms with E-state index in [2.05, 4.69) is 74.4 Å². The molecular formula is C26H27N5O4S3. The first-order valence-corrected chi connectivity index (χ1v) is 13.4. The molecule has 3 aromatic carbocycles. The fourth-order valence-electron chi connectivity index (χ4n) is 3.01. The Morgan fingerprint density at radius 3 is 1.87 bits per heavy atom. The van der Waals surface area contributed by atoms with E-state index in [4.69, 9.17) is 10.8 Å². The summed E-state index contributed by atoms with van der Waals surface area (Å²) in [5.74, 6) is -0.982. The molecule has 12 heteroatoms. The number of fused-ring (bicyclic) bond motifs is 2. The van der Waals surface area contributed by atoms with E-state index < -0.39 is 5.97 Å². The van der Waals surface area contributed by atoms with Crippen LogP contribution in [0.2, 0.25) is 0 Å². The van der Waals surface area contributed by atoms with Gasteiger partial charge >= 0.3 is 5.97 Å². The van der Waals surface area contributed by atoms with E-state index in [0.717, 1.165) is 44.7 Å². The number of carboxylic acids is 1. The van der Waals surface area contributed by atoms with Crippen LogP contribution < -0.4 is 16.4 Å². The fourth-order valence-corrected chi connectivity index (χ4v) is 5.04. The average Bonchev–Trinajstić information content (AvgIpc) is 3.52. The number of nitrogens with zero attached hydrogens (tertiary/aromatic N) is 2. The van der Waals surface area contributed by atoms with Gasteiger partial charge < -0.3 is 20.9 Å². The molecule has 38 heavy (non-hydrogen) atoms. The highest BCUT2D eigenvalue weighted by atomic mass is 32.1. The van der Waals surface area contributed by atoms with Gasteiger partial charge in [0.25, 0.3) is 6.47 Å². The summed E-state index contributed by atoms with van der Waals surface area (Å²) in [4.78, 5) is 29.3. The fraction of sp³-hybridized carbons (Fsp3) is 0.154. The van der Waals surface area contributed by atoms with E-state index in [9.17, 15) is 9.59 Å². The van der Waals surface area contributed by atoms with Crippen molar-refractivity contribution in [2.45, 2.75) is 18.0 Å². The predicted octanol–water partition coefficient (Wildman–Crippen LogP) is 4.54. The van der Waals surface area contributed by atoms with Crippen molar-refractivity contribution < 1.29 is 19.4 Å². The first-order chi connectivity index (χ1) is 18.5. The number of anilines is 1. The standard InChI is InChI=1S/C16H13N3S2.C6H7NS.C4H7NO4/c1-3-7-13-11(5-1)18-15(20-13)9-17-10-16-19-12-6-2-4-8-14(12)21-16;7-5-3-1-2-4-6(5)8;6-3-9-2-5-1-4(7)8/h1-8,17H,9-10H2;1-4,8H,7H2;3,5H,1-2H2,(H,7,8). The SMILES string of the molecule is Nc1ccccc1S.O=COCNCC(=O)O.c1ccc2sc(CNCc3nc4ccccc4s3)nc2c1. The Balaban J connectivity index is 0.000000195. The number of carbonyl (C=O) groups excluding carboxylic acids is 1. The summed E-state index contributed by atoms with van der Waals surface area (Å²) in [6.45, 7) is 1.56. The number of hydrogen-bond acceptors (Lipinski definition) is 11. The Morgan fingerprint density at radius 2 is 1.42 bits per heavy atom. The Labute approximate surface area is 233 Å². The molecule has 198 valence electrons. The van der Waals surface area contributed by atoms with Crippen LogP contribution in [0.3, 0.4) is 0 Å². The topological polar surface area (TPSA) is 139 Å². The molecule has 0 saturated carbocycles. The summed E-state index contributed by atoms with van der Waals surface area (Å²) < 4.78 is 6.62. The Morgan fingerprint density at radius 1 is 0.895 bits per heavy atom. The van der Waals surface area contributed by atoms with Crippen LogP contribution in [-0.4, -0.2) is 40.8 Å². The number of nitrogens with one attached hydrogen (secondary N) is 2. The molecule has 0 radical (unpaired) electrons. The van der Waals surface area contributed by atoms with Gasteiger partial charge in [0.05, 0.1) is 27.0 Å². The molecule has 5 N–H and O–H groups in total. The maximum atomic E-state index is 9.76. The number of hydrogen-bond donors (Lipinski definition) is 5. The van der Waals surface area contributed by atoms with Gasteiger partial charge in [0.1, 0.15) is 16.7 Å².